The van der Waals surface area contributed by atoms with Crippen molar-refractivity contribution in [3.63, 3.8) is 0 Å². The fraction of sp³-hybridized carbons (Fsp3) is 0.353. The van der Waals surface area contributed by atoms with Crippen LogP contribution >= 0.6 is 0 Å². The normalized spacial score (nSPS) is 17.4. The van der Waals surface area contributed by atoms with E-state index in [1.807, 2.05) is 35.2 Å². The smallest absolute Gasteiger partial charge is 0.316 e. The van der Waals surface area contributed by atoms with Crippen LogP contribution in [0.4, 0.5) is 0 Å². The first kappa shape index (κ1) is 15.3. The first-order valence-corrected chi connectivity index (χ1v) is 7.79. The Morgan fingerprint density at radius 2 is 2.00 bits per heavy atom. The largest absolute Gasteiger partial charge is 0.336 e. The number of hydrogen-bond donors (Lipinski definition) is 1. The molecule has 1 aromatic heterocycles. The van der Waals surface area contributed by atoms with Gasteiger partial charge in [-0.15, -0.1) is 0 Å². The van der Waals surface area contributed by atoms with Crippen LogP contribution in [0, 0.1) is 0 Å². The number of nitrogens with zero attached hydrogens (tertiary/aromatic N) is 2. The number of aromatic nitrogens is 2. The molecule has 1 N–H and O–H groups in total. The van der Waals surface area contributed by atoms with Crippen molar-refractivity contribution in [1.29, 1.82) is 0 Å². The van der Waals surface area contributed by atoms with Gasteiger partial charge >= 0.3 is 11.1 Å². The van der Waals surface area contributed by atoms with Crippen LogP contribution in [0.1, 0.15) is 30.9 Å². The summed E-state index contributed by atoms with van der Waals surface area (Å²) in [6.45, 7) is 0.961. The molecule has 1 fully saturated rings. The summed E-state index contributed by atoms with van der Waals surface area (Å²) in [5, 5.41) is 0. The molecule has 2 heterocycles. The predicted octanol–water partition coefficient (Wildman–Crippen LogP) is 1.29. The van der Waals surface area contributed by atoms with Crippen molar-refractivity contribution < 1.29 is 4.79 Å². The van der Waals surface area contributed by atoms with Crippen molar-refractivity contribution in [2.24, 2.45) is 0 Å². The van der Waals surface area contributed by atoms with Gasteiger partial charge in [-0.05, 0) is 18.4 Å². The van der Waals surface area contributed by atoms with E-state index in [-0.39, 0.29) is 24.9 Å². The second-order valence-corrected chi connectivity index (χ2v) is 5.69. The lowest BCUT2D eigenvalue weighted by Gasteiger charge is -2.25. The molecule has 1 aromatic carbocycles. The number of likely N-dealkylation sites (tertiary alicyclic amines) is 1. The number of carbonyl (C=O) groups excluding carboxylic acids is 1. The lowest BCUT2D eigenvalue weighted by molar-refractivity contribution is -0.132. The molecular weight excluding hydrogens is 294 g/mol. The van der Waals surface area contributed by atoms with Gasteiger partial charge in [-0.2, -0.15) is 0 Å². The third kappa shape index (κ3) is 3.26. The zero-order valence-corrected chi connectivity index (χ0v) is 12.8. The lowest BCUT2D eigenvalue weighted by Crippen LogP contribution is -2.37. The highest BCUT2D eigenvalue weighted by Gasteiger charge is 2.29. The second-order valence-electron chi connectivity index (χ2n) is 5.69. The van der Waals surface area contributed by atoms with Crippen LogP contribution in [-0.2, 0) is 11.3 Å². The predicted molar refractivity (Wildman–Crippen MR) is 86.1 cm³/mol. The van der Waals surface area contributed by atoms with E-state index >= 15 is 0 Å². The van der Waals surface area contributed by atoms with E-state index in [2.05, 4.69) is 4.98 Å². The van der Waals surface area contributed by atoms with Gasteiger partial charge in [0.15, 0.2) is 0 Å². The SMILES string of the molecule is O=C(CCn1cc[nH]c(=O)c1=O)N1CCCC1c1ccccc1. The maximum Gasteiger partial charge on any atom is 0.316 e. The number of amides is 1. The Morgan fingerprint density at radius 1 is 1.22 bits per heavy atom. The molecule has 2 aromatic rings. The number of H-pyrrole nitrogens is 1. The van der Waals surface area contributed by atoms with Crippen molar-refractivity contribution in [2.75, 3.05) is 6.54 Å². The Bertz CT molecular complexity index is 794. The Labute approximate surface area is 133 Å². The first-order chi connectivity index (χ1) is 11.2. The maximum absolute atomic E-state index is 12.5. The minimum Gasteiger partial charge on any atom is -0.336 e. The van der Waals surface area contributed by atoms with E-state index < -0.39 is 11.1 Å². The fourth-order valence-corrected chi connectivity index (χ4v) is 3.09. The number of aryl methyl sites for hydroxylation is 1. The summed E-state index contributed by atoms with van der Waals surface area (Å²) in [5.74, 6) is 0.0172. The summed E-state index contributed by atoms with van der Waals surface area (Å²) < 4.78 is 1.28. The summed E-state index contributed by atoms with van der Waals surface area (Å²) in [6, 6.07) is 10.1. The molecule has 6 heteroatoms. The number of nitrogens with one attached hydrogen (secondary N) is 1. The average molecular weight is 313 g/mol. The molecule has 1 amide bonds. The number of hydrogen-bond acceptors (Lipinski definition) is 3. The third-order valence-corrected chi connectivity index (χ3v) is 4.25. The molecule has 0 spiro atoms. The molecule has 1 aliphatic heterocycles. The molecule has 0 saturated carbocycles. The van der Waals surface area contributed by atoms with Crippen molar-refractivity contribution in [1.82, 2.24) is 14.5 Å². The van der Waals surface area contributed by atoms with E-state index in [1.165, 1.54) is 17.0 Å². The third-order valence-electron chi connectivity index (χ3n) is 4.25. The van der Waals surface area contributed by atoms with E-state index in [4.69, 9.17) is 0 Å². The van der Waals surface area contributed by atoms with Gasteiger partial charge in [0.05, 0.1) is 6.04 Å². The monoisotopic (exact) mass is 313 g/mol. The van der Waals surface area contributed by atoms with E-state index in [1.54, 1.807) is 0 Å². The van der Waals surface area contributed by atoms with Crippen LogP contribution in [0.5, 0.6) is 0 Å². The van der Waals surface area contributed by atoms with Gasteiger partial charge in [0, 0.05) is 31.9 Å². The zero-order valence-electron chi connectivity index (χ0n) is 12.8. The summed E-state index contributed by atoms with van der Waals surface area (Å²) in [5.41, 5.74) is -0.142. The molecule has 0 bridgehead atoms. The lowest BCUT2D eigenvalue weighted by atomic mass is 10.0. The molecule has 1 atom stereocenters. The number of carbonyl (C=O) groups is 1. The van der Waals surface area contributed by atoms with Gasteiger partial charge in [-0.3, -0.25) is 14.4 Å². The topological polar surface area (TPSA) is 75.2 Å². The van der Waals surface area contributed by atoms with E-state index in [9.17, 15) is 14.4 Å². The van der Waals surface area contributed by atoms with Gasteiger partial charge in [0.2, 0.25) is 5.91 Å². The van der Waals surface area contributed by atoms with Crippen molar-refractivity contribution in [3.05, 3.63) is 69.0 Å². The van der Waals surface area contributed by atoms with Crippen LogP contribution in [-0.4, -0.2) is 26.9 Å². The van der Waals surface area contributed by atoms with Crippen LogP contribution in [0.15, 0.2) is 52.3 Å². The fourth-order valence-electron chi connectivity index (χ4n) is 3.09. The molecule has 0 aliphatic carbocycles. The van der Waals surface area contributed by atoms with Crippen LogP contribution in [0.2, 0.25) is 0 Å². The van der Waals surface area contributed by atoms with Gasteiger partial charge < -0.3 is 14.5 Å². The molecule has 6 nitrogen and oxygen atoms in total. The second kappa shape index (κ2) is 6.64. The summed E-state index contributed by atoms with van der Waals surface area (Å²) in [4.78, 5) is 39.7. The molecule has 3 rings (SSSR count). The van der Waals surface area contributed by atoms with E-state index in [0.29, 0.717) is 0 Å². The molecule has 0 radical (unpaired) electrons. The standard InChI is InChI=1S/C17H19N3O3/c21-15(8-11-19-12-9-18-16(22)17(19)23)20-10-4-7-14(20)13-5-2-1-3-6-13/h1-3,5-6,9,12,14H,4,7-8,10-11H2,(H,18,22). The number of benzene rings is 1. The maximum atomic E-state index is 12.5. The molecule has 1 unspecified atom stereocenters. The van der Waals surface area contributed by atoms with Gasteiger partial charge in [0.1, 0.15) is 0 Å². The zero-order chi connectivity index (χ0) is 16.2. The molecule has 23 heavy (non-hydrogen) atoms. The van der Waals surface area contributed by atoms with Crippen molar-refractivity contribution in [3.8, 4) is 0 Å². The Kier molecular flexibility index (Phi) is 4.41. The summed E-state index contributed by atoms with van der Waals surface area (Å²) >= 11 is 0. The van der Waals surface area contributed by atoms with Gasteiger partial charge in [0.25, 0.3) is 0 Å². The van der Waals surface area contributed by atoms with Crippen LogP contribution in [0.25, 0.3) is 0 Å². The highest BCUT2D eigenvalue weighted by atomic mass is 16.2. The molecule has 1 saturated heterocycles. The minimum absolute atomic E-state index is 0.0172. The molecular formula is C17H19N3O3. The van der Waals surface area contributed by atoms with Gasteiger partial charge in [-0.25, -0.2) is 0 Å². The highest BCUT2D eigenvalue weighted by molar-refractivity contribution is 5.77. The summed E-state index contributed by atoms with van der Waals surface area (Å²) in [6.07, 6.45) is 5.07. The Hall–Kier alpha value is -2.63. The van der Waals surface area contributed by atoms with Crippen LogP contribution < -0.4 is 11.1 Å². The summed E-state index contributed by atoms with van der Waals surface area (Å²) in [7, 11) is 0. The van der Waals surface area contributed by atoms with Gasteiger partial charge in [-0.1, -0.05) is 30.3 Å². The van der Waals surface area contributed by atoms with E-state index in [0.717, 1.165) is 24.9 Å². The first-order valence-electron chi connectivity index (χ1n) is 7.79. The Morgan fingerprint density at radius 3 is 2.78 bits per heavy atom. The highest BCUT2D eigenvalue weighted by Crippen LogP contribution is 2.32. The number of aromatic amines is 1. The van der Waals surface area contributed by atoms with Crippen LogP contribution in [0.3, 0.4) is 0 Å². The molecule has 120 valence electrons. The Balaban J connectivity index is 1.69. The minimum atomic E-state index is -0.664. The van der Waals surface area contributed by atoms with Crippen molar-refractivity contribution in [2.45, 2.75) is 31.8 Å². The quantitative estimate of drug-likeness (QED) is 0.864. The average Bonchev–Trinajstić information content (AvgIpc) is 3.06. The van der Waals surface area contributed by atoms with Crippen molar-refractivity contribution >= 4 is 5.91 Å². The molecule has 1 aliphatic rings. The number of rotatable bonds is 4.